The van der Waals surface area contributed by atoms with E-state index in [1.165, 1.54) is 53.2 Å². The van der Waals surface area contributed by atoms with Gasteiger partial charge in [-0.3, -0.25) is 19.2 Å². The lowest BCUT2D eigenvalue weighted by molar-refractivity contribution is -0.944. The van der Waals surface area contributed by atoms with Gasteiger partial charge in [-0.1, -0.05) is 45.9 Å². The number of aliphatic hydroxyl groups excluding tert-OH is 2. The molecule has 5 aliphatic rings. The molecule has 368 valence electrons. The van der Waals surface area contributed by atoms with Crippen molar-refractivity contribution in [3.63, 3.8) is 0 Å². The number of carbonyl (C=O) groups excluding carboxylic acids is 3. The second-order valence-corrected chi connectivity index (χ2v) is 18.9. The van der Waals surface area contributed by atoms with Crippen molar-refractivity contribution in [1.29, 1.82) is 0 Å². The number of rotatable bonds is 9. The van der Waals surface area contributed by atoms with E-state index in [9.17, 15) is 34.5 Å². The first-order valence-electron chi connectivity index (χ1n) is 23.4. The summed E-state index contributed by atoms with van der Waals surface area (Å²) in [7, 11) is 1.45. The highest BCUT2D eigenvalue weighted by molar-refractivity contribution is 6.22. The highest BCUT2D eigenvalue weighted by Crippen LogP contribution is 2.50. The summed E-state index contributed by atoms with van der Waals surface area (Å²) in [4.78, 5) is 61.0. The van der Waals surface area contributed by atoms with E-state index in [0.29, 0.717) is 23.9 Å². The van der Waals surface area contributed by atoms with Crippen LogP contribution in [0.2, 0.25) is 0 Å². The van der Waals surface area contributed by atoms with Crippen LogP contribution in [0.3, 0.4) is 0 Å². The molecule has 1 aliphatic carbocycles. The Hall–Kier alpha value is -5.81. The second kappa shape index (κ2) is 20.4. The minimum Gasteiger partial charge on any atom is -0.507 e. The Balaban J connectivity index is 1.55. The number of ether oxygens (including phenoxy) is 5. The Labute approximate surface area is 397 Å². The molecule has 0 aromatic heterocycles. The van der Waals surface area contributed by atoms with Gasteiger partial charge in [0, 0.05) is 67.2 Å². The molecule has 9 atom stereocenters. The number of aromatic nitrogens is 1. The quantitative estimate of drug-likeness (QED) is 0.0551. The molecule has 0 saturated carbocycles. The number of likely N-dealkylation sites (N-methyl/N-ethyl adjacent to an activating group) is 1. The number of nitrogens with one attached hydrogen (secondary N) is 1. The molecular formula is C52H68N3O13+. The number of Topliss-reactive ketones (excluding diaryl/α,β-unsaturated/α-hetero) is 1. The molecule has 0 radical (unpaired) electrons. The Bertz CT molecular complexity index is 2680. The summed E-state index contributed by atoms with van der Waals surface area (Å²) in [5.41, 5.74) is -0.514. The van der Waals surface area contributed by atoms with Crippen LogP contribution in [0.4, 0.5) is 5.69 Å². The van der Waals surface area contributed by atoms with Crippen LogP contribution < -0.4 is 20.2 Å². The summed E-state index contributed by atoms with van der Waals surface area (Å²) < 4.78 is 37.6. The first-order chi connectivity index (χ1) is 32.1. The van der Waals surface area contributed by atoms with E-state index in [2.05, 4.69) is 33.0 Å². The first-order valence-corrected chi connectivity index (χ1v) is 23.4. The number of phenolic OH excluding ortho intramolecular Hbond substituents is 1. The Morgan fingerprint density at radius 3 is 2.31 bits per heavy atom. The lowest BCUT2D eigenvalue weighted by Gasteiger charge is -2.40. The van der Waals surface area contributed by atoms with Crippen LogP contribution in [0, 0.1) is 30.6 Å². The van der Waals surface area contributed by atoms with Gasteiger partial charge in [-0.05, 0) is 59.8 Å². The predicted molar refractivity (Wildman–Crippen MR) is 258 cm³/mol. The summed E-state index contributed by atoms with van der Waals surface area (Å²) in [5.74, 6) is -6.77. The van der Waals surface area contributed by atoms with Crippen LogP contribution in [-0.4, -0.2) is 112 Å². The standard InChI is InChI=1S/C52H67N3O13/c1-14-55(15-2,26(3)4)22-24-64-34-19-20-35-37(25-34)67-49-41(53-35)38-39-45(59)32(10)48-40(38)50(61)52(12,68-48)65-23-21-36(63-13)29(7)47(66-33(11)56)31(9)44(58)30(8)43(57)27(5)17-16-18-28(6)51(62)54-42(49)46(39)60/h16-21,23,25-27,29-31,36,43-44,47,57-58H,14-15,22,24H2,1-13H3,(H-,53,54,59,60,61,62)/p+1/b17-16+,23-21+,28-18-/t27-,29+,30+,31+,36-,43-,44+,47+,52-/m0/s1. The molecule has 0 unspecified atom stereocenters. The van der Waals surface area contributed by atoms with Gasteiger partial charge in [-0.25, -0.2) is 4.98 Å². The summed E-state index contributed by atoms with van der Waals surface area (Å²) in [6, 6.07) is 5.48. The number of esters is 1. The van der Waals surface area contributed by atoms with E-state index in [4.69, 9.17) is 33.1 Å². The molecule has 4 aliphatic heterocycles. The lowest BCUT2D eigenvalue weighted by atomic mass is 9.78. The maximum absolute atomic E-state index is 14.8. The number of amides is 1. The number of aromatic hydroxyl groups is 1. The van der Waals surface area contributed by atoms with Gasteiger partial charge in [0.1, 0.15) is 53.4 Å². The maximum Gasteiger partial charge on any atom is 0.312 e. The van der Waals surface area contributed by atoms with Crippen molar-refractivity contribution in [2.45, 2.75) is 119 Å². The van der Waals surface area contributed by atoms with Gasteiger partial charge >= 0.3 is 11.8 Å². The molecule has 16 heteroatoms. The van der Waals surface area contributed by atoms with Gasteiger partial charge in [0.2, 0.25) is 5.43 Å². The number of carbonyl (C=O) groups is 3. The molecule has 2 aromatic carbocycles. The van der Waals surface area contributed by atoms with Gasteiger partial charge in [-0.2, -0.15) is 0 Å². The fourth-order valence-electron chi connectivity index (χ4n) is 9.75. The molecule has 0 fully saturated rings. The lowest BCUT2D eigenvalue weighted by Crippen LogP contribution is -2.54. The molecule has 5 bridgehead atoms. The molecule has 68 heavy (non-hydrogen) atoms. The number of allylic oxidation sites excluding steroid dienone is 2. The van der Waals surface area contributed by atoms with Crippen LogP contribution in [0.5, 0.6) is 17.2 Å². The monoisotopic (exact) mass is 942 g/mol. The minimum atomic E-state index is -2.04. The number of ketones is 1. The number of fused-ring (bicyclic) bond motifs is 14. The summed E-state index contributed by atoms with van der Waals surface area (Å²) in [6.07, 6.45) is 3.62. The van der Waals surface area contributed by atoms with E-state index >= 15 is 0 Å². The predicted octanol–water partition coefficient (Wildman–Crippen LogP) is 7.59. The fourth-order valence-corrected chi connectivity index (χ4v) is 9.75. The molecule has 16 nitrogen and oxygen atoms in total. The molecule has 2 aromatic rings. The number of quaternary nitrogens is 1. The van der Waals surface area contributed by atoms with Gasteiger partial charge in [0.05, 0.1) is 54.7 Å². The van der Waals surface area contributed by atoms with Gasteiger partial charge in [0.15, 0.2) is 11.3 Å². The van der Waals surface area contributed by atoms with E-state index in [1.54, 1.807) is 58.0 Å². The summed E-state index contributed by atoms with van der Waals surface area (Å²) in [5, 5.41) is 37.3. The van der Waals surface area contributed by atoms with Crippen molar-refractivity contribution in [3.8, 4) is 28.7 Å². The average molecular weight is 943 g/mol. The number of nitrogens with zero attached hydrogens (tertiary/aromatic N) is 2. The van der Waals surface area contributed by atoms with Crippen LogP contribution in [-0.2, 0) is 23.8 Å². The Kier molecular flexibility index (Phi) is 15.5. The largest absolute Gasteiger partial charge is 0.507 e. The van der Waals surface area contributed by atoms with Crippen molar-refractivity contribution < 1.29 is 62.3 Å². The molecule has 4 N–H and O–H groups in total. The zero-order valence-electron chi connectivity index (χ0n) is 41.5. The molecular weight excluding hydrogens is 875 g/mol. The number of phenols is 1. The zero-order valence-corrected chi connectivity index (χ0v) is 41.5. The van der Waals surface area contributed by atoms with Crippen LogP contribution in [0.1, 0.15) is 92.1 Å². The first kappa shape index (κ1) is 51.6. The summed E-state index contributed by atoms with van der Waals surface area (Å²) in [6.45, 7) is 24.4. The smallest absolute Gasteiger partial charge is 0.312 e. The molecule has 0 spiro atoms. The van der Waals surface area contributed by atoms with Crippen LogP contribution in [0.15, 0.2) is 63.6 Å². The fraction of sp³-hybridized carbons (Fsp3) is 0.519. The minimum absolute atomic E-state index is 0.0155. The Morgan fingerprint density at radius 2 is 1.68 bits per heavy atom. The van der Waals surface area contributed by atoms with Crippen molar-refractivity contribution in [1.82, 2.24) is 4.98 Å². The average Bonchev–Trinajstić information content (AvgIpc) is 3.57. The number of methoxy groups -OCH3 is 1. The van der Waals surface area contributed by atoms with E-state index in [0.717, 1.165) is 24.1 Å². The Morgan fingerprint density at radius 1 is 0.985 bits per heavy atom. The van der Waals surface area contributed by atoms with E-state index in [-0.39, 0.29) is 55.9 Å². The molecule has 1 amide bonds. The number of anilines is 1. The van der Waals surface area contributed by atoms with Crippen LogP contribution in [0.25, 0.3) is 33.3 Å². The maximum atomic E-state index is 14.8. The third-order valence-electron chi connectivity index (χ3n) is 14.5. The van der Waals surface area contributed by atoms with Crippen molar-refractivity contribution >= 4 is 45.2 Å². The van der Waals surface area contributed by atoms with E-state index in [1.807, 2.05) is 0 Å². The van der Waals surface area contributed by atoms with Gasteiger partial charge in [-0.15, -0.1) is 0 Å². The number of aliphatic hydroxyl groups is 2. The molecule has 0 saturated heterocycles. The van der Waals surface area contributed by atoms with Crippen molar-refractivity contribution in [3.05, 3.63) is 75.7 Å². The third-order valence-corrected chi connectivity index (χ3v) is 14.5. The second-order valence-electron chi connectivity index (χ2n) is 18.9. The number of hydrogen-bond acceptors (Lipinski definition) is 14. The third kappa shape index (κ3) is 9.60. The molecule has 4 heterocycles. The normalized spacial score (nSPS) is 28.0. The summed E-state index contributed by atoms with van der Waals surface area (Å²) >= 11 is 0. The van der Waals surface area contributed by atoms with Gasteiger partial charge < -0.3 is 53.2 Å². The van der Waals surface area contributed by atoms with Crippen LogP contribution >= 0.6 is 0 Å². The SMILES string of the molecule is CC[N+](CC)(CCOc1ccc2nc3c4c5c6c(C)c(O)c4c(=O)c(c-3oc2c1)NC(=O)/C(C)=C\C=C\[C@H](C)[C@H](O)[C@@H](C)[C@@H](O)[C@@H](C)[C@H](OC(C)=O)[C@H](C)[C@@H](OC)/C=C/O[C@@](C)(O6)C5=O)C(C)C. The highest BCUT2D eigenvalue weighted by Gasteiger charge is 2.50. The van der Waals surface area contributed by atoms with Gasteiger partial charge in [0.25, 0.3) is 11.7 Å². The number of hydrogen-bond donors (Lipinski definition) is 4. The van der Waals surface area contributed by atoms with E-state index < -0.39 is 82.7 Å². The zero-order chi connectivity index (χ0) is 50.2. The molecule has 7 rings (SSSR count). The number of benzene rings is 3. The van der Waals surface area contributed by atoms with Crippen molar-refractivity contribution in [2.75, 3.05) is 38.7 Å². The topological polar surface area (TPSA) is 213 Å². The van der Waals surface area contributed by atoms with Crippen molar-refractivity contribution in [2.24, 2.45) is 23.7 Å². The highest BCUT2D eigenvalue weighted by atomic mass is 16.7.